The number of amides is 10. The largest absolute Gasteiger partial charge is 0.379 e. The van der Waals surface area contributed by atoms with Crippen LogP contribution in [0, 0.1) is 17.8 Å². The highest BCUT2D eigenvalue weighted by molar-refractivity contribution is 6.00. The van der Waals surface area contributed by atoms with Crippen LogP contribution in [0.5, 0.6) is 0 Å². The highest BCUT2D eigenvalue weighted by atomic mass is 16.5. The lowest BCUT2D eigenvalue weighted by atomic mass is 9.84. The fraction of sp³-hybridized carbons (Fsp3) is 0.839. The van der Waals surface area contributed by atoms with E-state index in [2.05, 4.69) is 59.7 Å². The van der Waals surface area contributed by atoms with Gasteiger partial charge in [-0.05, 0) is 111 Å². The predicted molar refractivity (Wildman–Crippen MR) is 325 cm³/mol. The average Bonchev–Trinajstić information content (AvgIpc) is 3.94. The Kier molecular flexibility index (Phi) is 31.2. The van der Waals surface area contributed by atoms with Crippen molar-refractivity contribution >= 4 is 59.1 Å². The van der Waals surface area contributed by atoms with Gasteiger partial charge in [0.1, 0.15) is 46.8 Å². The number of hydrogen-bond donors (Lipinski definition) is 9. The number of likely N-dealkylation sites (tertiary alicyclic amines) is 1. The number of nitrogens with one attached hydrogen (secondary N) is 9. The second-order valence-electron chi connectivity index (χ2n) is 26.5. The van der Waals surface area contributed by atoms with E-state index in [-0.39, 0.29) is 67.8 Å². The third-order valence-electron chi connectivity index (χ3n) is 16.1. The molecule has 22 heteroatoms. The number of hydrogen-bond acceptors (Lipinski definition) is 12. The zero-order chi connectivity index (χ0) is 62.8. The second-order valence-corrected chi connectivity index (χ2v) is 26.5. The maximum absolute atomic E-state index is 14.5. The molecule has 2 saturated heterocycles. The minimum absolute atomic E-state index is 0.00502. The van der Waals surface area contributed by atoms with E-state index in [0.717, 1.165) is 77.3 Å². The third-order valence-corrected chi connectivity index (χ3v) is 16.1. The number of rotatable bonds is 36. The monoisotopic (exact) mass is 1190 g/mol. The molecule has 10 amide bonds. The van der Waals surface area contributed by atoms with Gasteiger partial charge in [-0.15, -0.1) is 0 Å². The molecule has 9 N–H and O–H groups in total. The van der Waals surface area contributed by atoms with Crippen LogP contribution in [0.4, 0.5) is 0 Å². The molecule has 2 aliphatic heterocycles. The van der Waals surface area contributed by atoms with Crippen LogP contribution in [0.25, 0.3) is 0 Å². The zero-order valence-corrected chi connectivity index (χ0v) is 53.7. The Hall–Kier alpha value is -5.38. The van der Waals surface area contributed by atoms with E-state index in [1.54, 1.807) is 4.90 Å². The molecule has 0 aromatic carbocycles. The molecule has 0 bridgehead atoms. The first-order valence-electron chi connectivity index (χ1n) is 31.9. The van der Waals surface area contributed by atoms with Crippen molar-refractivity contribution in [2.45, 2.75) is 271 Å². The Balaban J connectivity index is 1.73. The highest BCUT2D eigenvalue weighted by Crippen LogP contribution is 2.28. The molecule has 6 atom stereocenters. The van der Waals surface area contributed by atoms with Gasteiger partial charge in [0.15, 0.2) is 0 Å². The van der Waals surface area contributed by atoms with Crippen molar-refractivity contribution < 1.29 is 52.7 Å². The molecule has 3 aliphatic rings. The van der Waals surface area contributed by atoms with Crippen LogP contribution in [0.3, 0.4) is 0 Å². The number of carbonyl (C=O) groups excluding carboxylic acids is 10. The molecular formula is C62H111N11O11. The van der Waals surface area contributed by atoms with Crippen LogP contribution >= 0.6 is 0 Å². The first-order chi connectivity index (χ1) is 39.5. The van der Waals surface area contributed by atoms with Crippen molar-refractivity contribution in [3.8, 4) is 0 Å². The summed E-state index contributed by atoms with van der Waals surface area (Å²) < 4.78 is 5.41. The predicted octanol–water partition coefficient (Wildman–Crippen LogP) is 4.56. The molecule has 3 rings (SSSR count). The minimum Gasteiger partial charge on any atom is -0.379 e. The number of nitrogens with zero attached hydrogens (tertiary/aromatic N) is 2. The third kappa shape index (κ3) is 25.7. The summed E-state index contributed by atoms with van der Waals surface area (Å²) in [5, 5.41) is 25.7. The Morgan fingerprint density at radius 1 is 0.524 bits per heavy atom. The number of ether oxygens (including phenoxy) is 1. The van der Waals surface area contributed by atoms with Crippen LogP contribution in [0.1, 0.15) is 218 Å². The van der Waals surface area contributed by atoms with Gasteiger partial charge in [0.2, 0.25) is 59.1 Å². The molecule has 0 radical (unpaired) electrons. The van der Waals surface area contributed by atoms with Gasteiger partial charge < -0.3 is 57.5 Å². The summed E-state index contributed by atoms with van der Waals surface area (Å²) in [5.41, 5.74) is -4.78. The molecule has 1 aliphatic carbocycles. The molecule has 0 aromatic rings. The fourth-order valence-corrected chi connectivity index (χ4v) is 11.1. The van der Waals surface area contributed by atoms with Crippen LogP contribution in [0.15, 0.2) is 0 Å². The van der Waals surface area contributed by atoms with Crippen molar-refractivity contribution in [1.29, 1.82) is 0 Å². The minimum atomic E-state index is -1.63. The lowest BCUT2D eigenvalue weighted by molar-refractivity contribution is -0.141. The van der Waals surface area contributed by atoms with Crippen LogP contribution in [-0.2, 0) is 52.7 Å². The summed E-state index contributed by atoms with van der Waals surface area (Å²) in [6, 6.07) is -5.02. The van der Waals surface area contributed by atoms with E-state index in [9.17, 15) is 47.9 Å². The summed E-state index contributed by atoms with van der Waals surface area (Å²) in [6.07, 6.45) is 13.6. The smallest absolute Gasteiger partial charge is 0.246 e. The SMILES string of the molecule is CCCCCCCC[C@H](NC(=O)C(C)(C)NC(=O)C(C)(C)NC(=O)[C@H](CC1CCCCC1)NC(=O)[C@@H]1CCCN1C(=O)CCC)C(=O)N[C@@H](CC(C)C)C(=O)NC(C)(C)C(=O)N[C@@H](CC(C)C)C(=O)NCCC(=O)N[C@@H](C)CN1CCOCC1. The van der Waals surface area contributed by atoms with Crippen LogP contribution < -0.4 is 47.9 Å². The molecule has 0 spiro atoms. The van der Waals surface area contributed by atoms with Gasteiger partial charge >= 0.3 is 0 Å². The van der Waals surface area contributed by atoms with E-state index in [0.29, 0.717) is 64.8 Å². The molecule has 84 heavy (non-hydrogen) atoms. The standard InChI is InChI=1S/C62H111N11O11/c1-14-16-17-18-19-23-28-45(67-58(82)61(10,11)71-59(83)62(12,13)70-55(79)48(39-44-26-21-20-22-27-44)66-56(80)49-29-24-32-73(49)51(75)25-15-2)53(77)65-47(38-42(5)6)54(78)69-60(8,9)57(81)68-46(37-41(3)4)52(76)63-31-30-50(74)64-43(7)40-72-33-35-84-36-34-72/h41-49H,14-40H2,1-13H3,(H,63,76)(H,64,74)(H,65,77)(H,66,80)(H,67,82)(H,68,81)(H,69,78)(H,70,79)(H,71,83)/t43-,45-,46-,47-,48-,49-/m0/s1. The van der Waals surface area contributed by atoms with Gasteiger partial charge in [0.25, 0.3) is 0 Å². The van der Waals surface area contributed by atoms with E-state index in [1.807, 2.05) is 41.5 Å². The van der Waals surface area contributed by atoms with Crippen molar-refractivity contribution in [3.63, 3.8) is 0 Å². The first-order valence-corrected chi connectivity index (χ1v) is 31.9. The van der Waals surface area contributed by atoms with E-state index >= 15 is 0 Å². The highest BCUT2D eigenvalue weighted by Gasteiger charge is 2.42. The maximum Gasteiger partial charge on any atom is 0.246 e. The van der Waals surface area contributed by atoms with E-state index in [4.69, 9.17) is 4.74 Å². The van der Waals surface area contributed by atoms with Gasteiger partial charge in [-0.3, -0.25) is 52.8 Å². The number of morpholine rings is 1. The van der Waals surface area contributed by atoms with E-state index < -0.39 is 94.1 Å². The van der Waals surface area contributed by atoms with E-state index in [1.165, 1.54) is 41.5 Å². The molecule has 480 valence electrons. The molecular weight excluding hydrogens is 1070 g/mol. The fourth-order valence-electron chi connectivity index (χ4n) is 11.1. The van der Waals surface area contributed by atoms with Crippen LogP contribution in [-0.4, -0.2) is 168 Å². The quantitative estimate of drug-likeness (QED) is 0.0391. The molecule has 1 saturated carbocycles. The van der Waals surface area contributed by atoms with Gasteiger partial charge in [0, 0.05) is 51.6 Å². The zero-order valence-electron chi connectivity index (χ0n) is 53.7. The van der Waals surface area contributed by atoms with Crippen LogP contribution in [0.2, 0.25) is 0 Å². The van der Waals surface area contributed by atoms with Crippen molar-refractivity contribution in [3.05, 3.63) is 0 Å². The molecule has 0 unspecified atom stereocenters. The Morgan fingerprint density at radius 2 is 1.07 bits per heavy atom. The summed E-state index contributed by atoms with van der Waals surface area (Å²) in [4.78, 5) is 142. The Labute approximate surface area is 502 Å². The topological polar surface area (TPSA) is 295 Å². The summed E-state index contributed by atoms with van der Waals surface area (Å²) in [5.74, 6) is -4.97. The van der Waals surface area contributed by atoms with Crippen molar-refractivity contribution in [2.24, 2.45) is 17.8 Å². The number of carbonyl (C=O) groups is 10. The summed E-state index contributed by atoms with van der Waals surface area (Å²) in [6.45, 7) is 26.7. The van der Waals surface area contributed by atoms with Gasteiger partial charge in [-0.25, -0.2) is 0 Å². The summed E-state index contributed by atoms with van der Waals surface area (Å²) in [7, 11) is 0. The Bertz CT molecular complexity index is 2160. The summed E-state index contributed by atoms with van der Waals surface area (Å²) >= 11 is 0. The van der Waals surface area contributed by atoms with Gasteiger partial charge in [-0.1, -0.05) is 112 Å². The lowest BCUT2D eigenvalue weighted by Gasteiger charge is -2.35. The van der Waals surface area contributed by atoms with Crippen molar-refractivity contribution in [2.75, 3.05) is 45.9 Å². The lowest BCUT2D eigenvalue weighted by Crippen LogP contribution is -2.66. The van der Waals surface area contributed by atoms with Crippen molar-refractivity contribution in [1.82, 2.24) is 57.7 Å². The Morgan fingerprint density at radius 3 is 1.67 bits per heavy atom. The second kappa shape index (κ2) is 35.9. The van der Waals surface area contributed by atoms with Gasteiger partial charge in [-0.2, -0.15) is 0 Å². The molecule has 2 heterocycles. The number of unbranched alkanes of at least 4 members (excludes halogenated alkanes) is 5. The maximum atomic E-state index is 14.5. The average molecular weight is 1190 g/mol. The molecule has 0 aromatic heterocycles. The molecule has 22 nitrogen and oxygen atoms in total. The first kappa shape index (κ1) is 72.9. The van der Waals surface area contributed by atoms with Gasteiger partial charge in [0.05, 0.1) is 13.2 Å². The molecule has 3 fully saturated rings. The normalized spacial score (nSPS) is 18.1.